The van der Waals surface area contributed by atoms with Crippen molar-refractivity contribution in [1.82, 2.24) is 11.5 Å². The zero-order valence-corrected chi connectivity index (χ0v) is 5.85. The van der Waals surface area contributed by atoms with E-state index in [-0.39, 0.29) is 12.2 Å². The normalized spacial score (nSPS) is 8.67. The summed E-state index contributed by atoms with van der Waals surface area (Å²) in [4.78, 5) is 13.8. The lowest BCUT2D eigenvalue weighted by atomic mass is 10.7. The maximum atomic E-state index is 10.3. The van der Waals surface area contributed by atoms with Crippen LogP contribution in [0, 0.1) is 0 Å². The Hall–Kier alpha value is -0.900. The highest BCUT2D eigenvalue weighted by Crippen LogP contribution is 1.68. The minimum atomic E-state index is -0.269. The Morgan fingerprint density at radius 1 is 1.78 bits per heavy atom. The standard InChI is InChI=1S/C5H10N2O.H3N/c1-3-6-5(8)7-4-2;/h3H,4H2,1-2H3,(H,7,8);1H3. The lowest BCUT2D eigenvalue weighted by Gasteiger charge is -1.90. The molecule has 0 saturated heterocycles. The third kappa shape index (κ3) is 7.10. The summed E-state index contributed by atoms with van der Waals surface area (Å²) < 4.78 is 0. The van der Waals surface area contributed by atoms with Crippen molar-refractivity contribution in [1.29, 1.82) is 0 Å². The molecule has 0 unspecified atom stereocenters. The number of nitrogens with zero attached hydrogens (tertiary/aromatic N) is 1. The molecule has 0 bridgehead atoms. The van der Waals surface area contributed by atoms with Crippen molar-refractivity contribution >= 4 is 12.2 Å². The number of urea groups is 1. The van der Waals surface area contributed by atoms with E-state index < -0.39 is 0 Å². The van der Waals surface area contributed by atoms with Crippen LogP contribution in [0.5, 0.6) is 0 Å². The van der Waals surface area contributed by atoms with Crippen LogP contribution in [0.3, 0.4) is 0 Å². The zero-order chi connectivity index (χ0) is 6.41. The number of carbonyl (C=O) groups excluding carboxylic acids is 1. The van der Waals surface area contributed by atoms with Crippen molar-refractivity contribution in [2.24, 2.45) is 4.99 Å². The summed E-state index contributed by atoms with van der Waals surface area (Å²) in [6.07, 6.45) is 1.46. The smallest absolute Gasteiger partial charge is 0.340 e. The SMILES string of the molecule is CC=NC(=O)NCC.N. The molecule has 9 heavy (non-hydrogen) atoms. The number of nitrogens with one attached hydrogen (secondary N) is 1. The van der Waals surface area contributed by atoms with Gasteiger partial charge in [-0.1, -0.05) is 0 Å². The average molecular weight is 131 g/mol. The molecule has 4 N–H and O–H groups in total. The molecular weight excluding hydrogens is 118 g/mol. The molecule has 0 saturated carbocycles. The second-order valence-electron chi connectivity index (χ2n) is 1.22. The minimum absolute atomic E-state index is 0. The molecule has 2 amide bonds. The number of hydrogen-bond donors (Lipinski definition) is 2. The molecule has 0 atom stereocenters. The van der Waals surface area contributed by atoms with Gasteiger partial charge in [-0.25, -0.2) is 9.79 Å². The molecule has 0 radical (unpaired) electrons. The van der Waals surface area contributed by atoms with E-state index in [0.29, 0.717) is 6.54 Å². The van der Waals surface area contributed by atoms with E-state index in [0.717, 1.165) is 0 Å². The summed E-state index contributed by atoms with van der Waals surface area (Å²) in [6, 6.07) is -0.269. The molecular formula is C5H13N3O. The Kier molecular flexibility index (Phi) is 8.66. The van der Waals surface area contributed by atoms with E-state index in [1.807, 2.05) is 6.92 Å². The number of hydrogen-bond acceptors (Lipinski definition) is 2. The van der Waals surface area contributed by atoms with Crippen LogP contribution in [-0.4, -0.2) is 18.8 Å². The van der Waals surface area contributed by atoms with E-state index in [9.17, 15) is 4.79 Å². The first-order valence-electron chi connectivity index (χ1n) is 2.57. The first-order chi connectivity index (χ1) is 3.81. The van der Waals surface area contributed by atoms with Gasteiger partial charge in [0.2, 0.25) is 0 Å². The van der Waals surface area contributed by atoms with Crippen LogP contribution in [0.2, 0.25) is 0 Å². The van der Waals surface area contributed by atoms with Crippen molar-refractivity contribution in [2.75, 3.05) is 6.54 Å². The van der Waals surface area contributed by atoms with E-state index in [4.69, 9.17) is 0 Å². The van der Waals surface area contributed by atoms with Crippen LogP contribution >= 0.6 is 0 Å². The lowest BCUT2D eigenvalue weighted by Crippen LogP contribution is -2.18. The number of amides is 2. The van der Waals surface area contributed by atoms with Gasteiger partial charge < -0.3 is 11.5 Å². The van der Waals surface area contributed by atoms with Gasteiger partial charge in [0, 0.05) is 12.8 Å². The van der Waals surface area contributed by atoms with E-state index >= 15 is 0 Å². The molecule has 0 spiro atoms. The van der Waals surface area contributed by atoms with Gasteiger partial charge in [0.05, 0.1) is 0 Å². The first kappa shape index (κ1) is 11.0. The zero-order valence-electron chi connectivity index (χ0n) is 5.85. The van der Waals surface area contributed by atoms with E-state index in [1.54, 1.807) is 6.92 Å². The fourth-order valence-electron chi connectivity index (χ4n) is 0.314. The molecule has 0 rings (SSSR count). The van der Waals surface area contributed by atoms with Crippen molar-refractivity contribution in [3.05, 3.63) is 0 Å². The molecule has 54 valence electrons. The Balaban J connectivity index is 0. The quantitative estimate of drug-likeness (QED) is 0.520. The van der Waals surface area contributed by atoms with E-state index in [1.165, 1.54) is 6.21 Å². The van der Waals surface area contributed by atoms with Crippen molar-refractivity contribution in [2.45, 2.75) is 13.8 Å². The molecule has 0 aromatic carbocycles. The summed E-state index contributed by atoms with van der Waals surface area (Å²) in [5, 5.41) is 2.51. The van der Waals surface area contributed by atoms with Crippen LogP contribution in [0.25, 0.3) is 0 Å². The van der Waals surface area contributed by atoms with Crippen molar-refractivity contribution in [3.8, 4) is 0 Å². The molecule has 0 aliphatic rings. The molecule has 0 aliphatic carbocycles. The van der Waals surface area contributed by atoms with Gasteiger partial charge in [-0.15, -0.1) is 0 Å². The predicted octanol–water partition coefficient (Wildman–Crippen LogP) is 0.969. The van der Waals surface area contributed by atoms with Gasteiger partial charge in [-0.3, -0.25) is 0 Å². The monoisotopic (exact) mass is 131 g/mol. The first-order valence-corrected chi connectivity index (χ1v) is 2.57. The van der Waals surface area contributed by atoms with Gasteiger partial charge in [0.25, 0.3) is 0 Å². The molecule has 4 heteroatoms. The minimum Gasteiger partial charge on any atom is -0.344 e. The van der Waals surface area contributed by atoms with Crippen LogP contribution < -0.4 is 11.5 Å². The summed E-state index contributed by atoms with van der Waals surface area (Å²) in [5.41, 5.74) is 0. The van der Waals surface area contributed by atoms with Gasteiger partial charge in [0.15, 0.2) is 0 Å². The van der Waals surface area contributed by atoms with Crippen LogP contribution in [-0.2, 0) is 0 Å². The Morgan fingerprint density at radius 3 is 2.67 bits per heavy atom. The average Bonchev–Trinajstić information content (AvgIpc) is 1.68. The highest BCUT2D eigenvalue weighted by atomic mass is 16.2. The molecule has 4 nitrogen and oxygen atoms in total. The van der Waals surface area contributed by atoms with Crippen LogP contribution in [0.4, 0.5) is 4.79 Å². The van der Waals surface area contributed by atoms with Crippen molar-refractivity contribution < 1.29 is 4.79 Å². The van der Waals surface area contributed by atoms with Crippen molar-refractivity contribution in [3.63, 3.8) is 0 Å². The van der Waals surface area contributed by atoms with Gasteiger partial charge in [-0.05, 0) is 13.8 Å². The molecule has 0 aliphatic heterocycles. The third-order valence-electron chi connectivity index (χ3n) is 0.574. The summed E-state index contributed by atoms with van der Waals surface area (Å²) in [7, 11) is 0. The van der Waals surface area contributed by atoms with Gasteiger partial charge in [-0.2, -0.15) is 0 Å². The predicted molar refractivity (Wildman–Crippen MR) is 38.3 cm³/mol. The molecule has 0 fully saturated rings. The third-order valence-corrected chi connectivity index (χ3v) is 0.574. The largest absolute Gasteiger partial charge is 0.344 e. The highest BCUT2D eigenvalue weighted by Gasteiger charge is 1.87. The number of rotatable bonds is 1. The maximum absolute atomic E-state index is 10.3. The van der Waals surface area contributed by atoms with Gasteiger partial charge in [0.1, 0.15) is 0 Å². The number of aliphatic imine (C=N–C) groups is 1. The Morgan fingerprint density at radius 2 is 2.33 bits per heavy atom. The summed E-state index contributed by atoms with van der Waals surface area (Å²) >= 11 is 0. The fraction of sp³-hybridized carbons (Fsp3) is 0.600. The highest BCUT2D eigenvalue weighted by molar-refractivity contribution is 5.82. The second kappa shape index (κ2) is 7.10. The maximum Gasteiger partial charge on any atom is 0.340 e. The van der Waals surface area contributed by atoms with Gasteiger partial charge >= 0.3 is 6.03 Å². The number of carbonyl (C=O) groups is 1. The topological polar surface area (TPSA) is 76.5 Å². The molecule has 0 aromatic heterocycles. The van der Waals surface area contributed by atoms with E-state index in [2.05, 4.69) is 10.3 Å². The summed E-state index contributed by atoms with van der Waals surface area (Å²) in [5.74, 6) is 0. The lowest BCUT2D eigenvalue weighted by molar-refractivity contribution is 0.250. The Labute approximate surface area is 54.9 Å². The Bertz CT molecular complexity index is 100. The van der Waals surface area contributed by atoms with Crippen LogP contribution in [0.1, 0.15) is 13.8 Å². The molecule has 0 heterocycles. The molecule has 0 aromatic rings. The second-order valence-corrected chi connectivity index (χ2v) is 1.22. The van der Waals surface area contributed by atoms with Crippen LogP contribution in [0.15, 0.2) is 4.99 Å². The fourth-order valence-corrected chi connectivity index (χ4v) is 0.314. The summed E-state index contributed by atoms with van der Waals surface area (Å²) in [6.45, 7) is 4.19.